The summed E-state index contributed by atoms with van der Waals surface area (Å²) in [4.78, 5) is 15.8. The average Bonchev–Trinajstić information content (AvgIpc) is 2.68. The molecule has 90 valence electrons. The number of aromatic nitrogens is 1. The van der Waals surface area contributed by atoms with Gasteiger partial charge in [-0.3, -0.25) is 0 Å². The van der Waals surface area contributed by atoms with Crippen molar-refractivity contribution < 1.29 is 9.53 Å². The molecule has 4 nitrogen and oxygen atoms in total. The number of hydrogen-bond donors (Lipinski definition) is 1. The van der Waals surface area contributed by atoms with E-state index >= 15 is 0 Å². The van der Waals surface area contributed by atoms with Crippen LogP contribution in [0.1, 0.15) is 30.1 Å². The van der Waals surface area contributed by atoms with Crippen molar-refractivity contribution in [1.29, 1.82) is 0 Å². The number of carbonyl (C=O) groups is 1. The molecule has 0 fully saturated rings. The highest BCUT2D eigenvalue weighted by atomic mass is 32.1. The average molecular weight is 250 g/mol. The van der Waals surface area contributed by atoms with Gasteiger partial charge in [-0.15, -0.1) is 0 Å². The molecule has 0 saturated carbocycles. The third-order valence-corrected chi connectivity index (χ3v) is 3.24. The zero-order chi connectivity index (χ0) is 12.3. The normalized spacial score (nSPS) is 10.6. The molecule has 0 aliphatic carbocycles. The number of esters is 1. The standard InChI is InChI=1S/C12H14N2O2S/c1-2-3-6-16-11(15)8-4-5-10-9(7-8)14-12(13)17-10/h4-5,7H,2-3,6H2,1H3,(H2,13,14). The van der Waals surface area contributed by atoms with Gasteiger partial charge in [-0.25, -0.2) is 9.78 Å². The second kappa shape index (κ2) is 5.14. The van der Waals surface area contributed by atoms with Crippen LogP contribution in [0, 0.1) is 0 Å². The minimum absolute atomic E-state index is 0.299. The first kappa shape index (κ1) is 11.9. The van der Waals surface area contributed by atoms with Gasteiger partial charge in [0.2, 0.25) is 0 Å². The Labute approximate surface area is 103 Å². The number of rotatable bonds is 4. The van der Waals surface area contributed by atoms with Crippen molar-refractivity contribution in [1.82, 2.24) is 4.98 Å². The summed E-state index contributed by atoms with van der Waals surface area (Å²) in [5.74, 6) is -0.299. The topological polar surface area (TPSA) is 65.2 Å². The number of unbranched alkanes of at least 4 members (excludes halogenated alkanes) is 1. The third kappa shape index (κ3) is 2.74. The summed E-state index contributed by atoms with van der Waals surface area (Å²) in [6, 6.07) is 5.31. The molecular formula is C12H14N2O2S. The van der Waals surface area contributed by atoms with Crippen LogP contribution in [0.5, 0.6) is 0 Å². The Morgan fingerprint density at radius 2 is 2.35 bits per heavy atom. The smallest absolute Gasteiger partial charge is 0.338 e. The van der Waals surface area contributed by atoms with Crippen LogP contribution >= 0.6 is 11.3 Å². The maximum absolute atomic E-state index is 11.7. The van der Waals surface area contributed by atoms with Crippen LogP contribution in [0.2, 0.25) is 0 Å². The Morgan fingerprint density at radius 1 is 1.53 bits per heavy atom. The van der Waals surface area contributed by atoms with Crippen molar-refractivity contribution in [3.8, 4) is 0 Å². The summed E-state index contributed by atoms with van der Waals surface area (Å²) in [7, 11) is 0. The molecule has 0 saturated heterocycles. The van der Waals surface area contributed by atoms with E-state index in [1.165, 1.54) is 11.3 Å². The molecule has 0 aliphatic heterocycles. The van der Waals surface area contributed by atoms with Crippen molar-refractivity contribution in [3.05, 3.63) is 23.8 Å². The Hall–Kier alpha value is -1.62. The molecule has 0 amide bonds. The Bertz CT molecular complexity index is 536. The van der Waals surface area contributed by atoms with Gasteiger partial charge in [-0.05, 0) is 24.6 Å². The predicted octanol–water partition coefficient (Wildman–Crippen LogP) is 2.84. The minimum atomic E-state index is -0.299. The quantitative estimate of drug-likeness (QED) is 0.669. The molecule has 1 aromatic heterocycles. The number of hydrogen-bond acceptors (Lipinski definition) is 5. The number of fused-ring (bicyclic) bond motifs is 1. The lowest BCUT2D eigenvalue weighted by Gasteiger charge is -2.03. The zero-order valence-electron chi connectivity index (χ0n) is 9.60. The maximum atomic E-state index is 11.7. The van der Waals surface area contributed by atoms with Crippen LogP contribution in [-0.4, -0.2) is 17.6 Å². The molecule has 2 rings (SSSR count). The molecule has 0 aliphatic rings. The maximum Gasteiger partial charge on any atom is 0.338 e. The van der Waals surface area contributed by atoms with Gasteiger partial charge in [-0.1, -0.05) is 24.7 Å². The first-order valence-electron chi connectivity index (χ1n) is 5.54. The number of benzene rings is 1. The van der Waals surface area contributed by atoms with E-state index < -0.39 is 0 Å². The molecule has 2 aromatic rings. The number of thiazole rings is 1. The van der Waals surface area contributed by atoms with Crippen LogP contribution in [0.25, 0.3) is 10.2 Å². The Kier molecular flexibility index (Phi) is 3.58. The van der Waals surface area contributed by atoms with Crippen LogP contribution in [-0.2, 0) is 4.74 Å². The fourth-order valence-electron chi connectivity index (χ4n) is 1.46. The molecule has 0 unspecified atom stereocenters. The molecule has 5 heteroatoms. The molecule has 0 radical (unpaired) electrons. The van der Waals surface area contributed by atoms with Crippen molar-refractivity contribution in [2.24, 2.45) is 0 Å². The van der Waals surface area contributed by atoms with E-state index in [4.69, 9.17) is 10.5 Å². The van der Waals surface area contributed by atoms with Crippen LogP contribution < -0.4 is 5.73 Å². The summed E-state index contributed by atoms with van der Waals surface area (Å²) in [5.41, 5.74) is 6.88. The molecule has 2 N–H and O–H groups in total. The molecule has 0 bridgehead atoms. The lowest BCUT2D eigenvalue weighted by atomic mass is 10.2. The first-order valence-corrected chi connectivity index (χ1v) is 6.35. The van der Waals surface area contributed by atoms with Gasteiger partial charge in [0.1, 0.15) is 0 Å². The lowest BCUT2D eigenvalue weighted by molar-refractivity contribution is 0.0500. The molecule has 0 atom stereocenters. The minimum Gasteiger partial charge on any atom is -0.462 e. The van der Waals surface area contributed by atoms with Crippen molar-refractivity contribution in [3.63, 3.8) is 0 Å². The van der Waals surface area contributed by atoms with Gasteiger partial charge in [0, 0.05) is 0 Å². The molecule has 1 heterocycles. The van der Waals surface area contributed by atoms with Gasteiger partial charge >= 0.3 is 5.97 Å². The summed E-state index contributed by atoms with van der Waals surface area (Å²) < 4.78 is 6.11. The Morgan fingerprint density at radius 3 is 3.12 bits per heavy atom. The fourth-order valence-corrected chi connectivity index (χ4v) is 2.18. The third-order valence-electron chi connectivity index (χ3n) is 2.37. The van der Waals surface area contributed by atoms with Gasteiger partial charge < -0.3 is 10.5 Å². The summed E-state index contributed by atoms with van der Waals surface area (Å²) in [6.07, 6.45) is 1.90. The second-order valence-corrected chi connectivity index (χ2v) is 4.79. The van der Waals surface area contributed by atoms with E-state index in [9.17, 15) is 4.79 Å². The molecule has 0 spiro atoms. The molecular weight excluding hydrogens is 236 g/mol. The predicted molar refractivity (Wildman–Crippen MR) is 69.2 cm³/mol. The van der Waals surface area contributed by atoms with Gasteiger partial charge in [0.15, 0.2) is 5.13 Å². The summed E-state index contributed by atoms with van der Waals surface area (Å²) in [5, 5.41) is 0.511. The highest BCUT2D eigenvalue weighted by Crippen LogP contribution is 2.24. The van der Waals surface area contributed by atoms with E-state index in [1.807, 2.05) is 6.07 Å². The van der Waals surface area contributed by atoms with E-state index in [0.717, 1.165) is 23.1 Å². The molecule has 1 aromatic carbocycles. The number of nitrogens with zero attached hydrogens (tertiary/aromatic N) is 1. The highest BCUT2D eigenvalue weighted by Gasteiger charge is 2.09. The van der Waals surface area contributed by atoms with Gasteiger partial charge in [0.05, 0.1) is 22.4 Å². The van der Waals surface area contributed by atoms with Gasteiger partial charge in [0.25, 0.3) is 0 Å². The number of nitrogens with two attached hydrogens (primary N) is 1. The highest BCUT2D eigenvalue weighted by molar-refractivity contribution is 7.22. The van der Waals surface area contributed by atoms with Crippen molar-refractivity contribution in [2.45, 2.75) is 19.8 Å². The SMILES string of the molecule is CCCCOC(=O)c1ccc2sc(N)nc2c1. The fraction of sp³-hybridized carbons (Fsp3) is 0.333. The van der Waals surface area contributed by atoms with Crippen LogP contribution in [0.4, 0.5) is 5.13 Å². The number of carbonyl (C=O) groups excluding carboxylic acids is 1. The monoisotopic (exact) mass is 250 g/mol. The van der Waals surface area contributed by atoms with E-state index in [-0.39, 0.29) is 5.97 Å². The summed E-state index contributed by atoms with van der Waals surface area (Å²) >= 11 is 1.41. The Balaban J connectivity index is 2.15. The van der Waals surface area contributed by atoms with Gasteiger partial charge in [-0.2, -0.15) is 0 Å². The molecule has 17 heavy (non-hydrogen) atoms. The number of ether oxygens (including phenoxy) is 1. The second-order valence-electron chi connectivity index (χ2n) is 3.72. The van der Waals surface area contributed by atoms with E-state index in [1.54, 1.807) is 12.1 Å². The zero-order valence-corrected chi connectivity index (χ0v) is 10.4. The lowest BCUT2D eigenvalue weighted by Crippen LogP contribution is -2.06. The first-order chi connectivity index (χ1) is 8.20. The van der Waals surface area contributed by atoms with E-state index in [2.05, 4.69) is 11.9 Å². The van der Waals surface area contributed by atoms with Crippen molar-refractivity contribution in [2.75, 3.05) is 12.3 Å². The number of anilines is 1. The van der Waals surface area contributed by atoms with Crippen LogP contribution in [0.3, 0.4) is 0 Å². The largest absolute Gasteiger partial charge is 0.462 e. The number of nitrogen functional groups attached to an aromatic ring is 1. The van der Waals surface area contributed by atoms with Crippen molar-refractivity contribution >= 4 is 32.7 Å². The summed E-state index contributed by atoms with van der Waals surface area (Å²) in [6.45, 7) is 2.52. The van der Waals surface area contributed by atoms with E-state index in [0.29, 0.717) is 17.3 Å². The van der Waals surface area contributed by atoms with Crippen LogP contribution in [0.15, 0.2) is 18.2 Å².